The molecule has 0 saturated heterocycles. The Morgan fingerprint density at radius 1 is 1.16 bits per heavy atom. The molecule has 1 aliphatic heterocycles. The number of carbonyl (C=O) groups excluding carboxylic acids is 2. The van der Waals surface area contributed by atoms with E-state index in [-0.39, 0.29) is 22.6 Å². The van der Waals surface area contributed by atoms with Crippen LogP contribution in [0.15, 0.2) is 58.4 Å². The molecule has 0 saturated carbocycles. The number of nitrogens with two attached hydrogens (primary N) is 1. The van der Waals surface area contributed by atoms with Crippen LogP contribution in [0.1, 0.15) is 41.8 Å². The number of carbonyl (C=O) groups is 2. The fourth-order valence-electron chi connectivity index (χ4n) is 3.35. The quantitative estimate of drug-likeness (QED) is 0.573. The van der Waals surface area contributed by atoms with Crippen molar-refractivity contribution in [3.63, 3.8) is 0 Å². The highest BCUT2D eigenvalue weighted by Gasteiger charge is 2.33. The summed E-state index contributed by atoms with van der Waals surface area (Å²) in [5, 5.41) is 2.87. The van der Waals surface area contributed by atoms with Gasteiger partial charge in [0.1, 0.15) is 11.9 Å². The van der Waals surface area contributed by atoms with Gasteiger partial charge in [0.25, 0.3) is 10.0 Å². The van der Waals surface area contributed by atoms with Crippen LogP contribution >= 0.6 is 0 Å². The van der Waals surface area contributed by atoms with Gasteiger partial charge >= 0.3 is 0 Å². The lowest BCUT2D eigenvalue weighted by atomic mass is 9.98. The highest BCUT2D eigenvalue weighted by molar-refractivity contribution is 7.90. The zero-order valence-corrected chi connectivity index (χ0v) is 18.3. The van der Waals surface area contributed by atoms with Gasteiger partial charge in [0.15, 0.2) is 0 Å². The summed E-state index contributed by atoms with van der Waals surface area (Å²) in [6.45, 7) is 4.20. The summed E-state index contributed by atoms with van der Waals surface area (Å²) in [6.07, 6.45) is 1.22. The molecule has 1 aliphatic rings. The number of primary amides is 1. The smallest absolute Gasteiger partial charge is 0.263 e. The Labute approximate surface area is 182 Å². The molecule has 0 fully saturated rings. The van der Waals surface area contributed by atoms with Crippen LogP contribution < -0.4 is 15.8 Å². The Kier molecular flexibility index (Phi) is 6.74. The van der Waals surface area contributed by atoms with Gasteiger partial charge in [0.2, 0.25) is 11.8 Å². The van der Waals surface area contributed by atoms with Crippen LogP contribution in [0.3, 0.4) is 0 Å². The average Bonchev–Trinajstić information content (AvgIpc) is 3.01. The molecule has 164 valence electrons. The van der Waals surface area contributed by atoms with E-state index in [1.54, 1.807) is 36.4 Å². The lowest BCUT2D eigenvalue weighted by Gasteiger charge is -2.19. The Balaban J connectivity index is 1.75. The summed E-state index contributed by atoms with van der Waals surface area (Å²) in [5.74, 6) is -0.692. The number of aliphatic imine (C=N–C) groups is 1. The third-order valence-electron chi connectivity index (χ3n) is 5.31. The summed E-state index contributed by atoms with van der Waals surface area (Å²) < 4.78 is 27.1. The average molecular weight is 443 g/mol. The van der Waals surface area contributed by atoms with E-state index in [2.05, 4.69) is 15.0 Å². The minimum Gasteiger partial charge on any atom is -0.366 e. The van der Waals surface area contributed by atoms with Gasteiger partial charge in [-0.15, -0.1) is 0 Å². The number of rotatable bonds is 8. The van der Waals surface area contributed by atoms with Crippen molar-refractivity contribution in [1.29, 1.82) is 0 Å². The van der Waals surface area contributed by atoms with Crippen LogP contribution in [-0.2, 0) is 21.2 Å². The molecule has 0 bridgehead atoms. The van der Waals surface area contributed by atoms with Gasteiger partial charge in [-0.05, 0) is 42.2 Å². The van der Waals surface area contributed by atoms with Gasteiger partial charge in [-0.3, -0.25) is 19.3 Å². The van der Waals surface area contributed by atoms with Crippen molar-refractivity contribution in [3.8, 4) is 0 Å². The lowest BCUT2D eigenvalue weighted by Crippen LogP contribution is -2.40. The monoisotopic (exact) mass is 442 g/mol. The molecule has 2 aromatic rings. The zero-order valence-electron chi connectivity index (χ0n) is 17.5. The molecule has 31 heavy (non-hydrogen) atoms. The van der Waals surface area contributed by atoms with Crippen molar-refractivity contribution in [1.82, 2.24) is 10.0 Å². The fraction of sp³-hybridized carbons (Fsp3) is 0.318. The molecule has 8 nitrogen and oxygen atoms in total. The van der Waals surface area contributed by atoms with E-state index in [0.29, 0.717) is 30.5 Å². The molecule has 4 N–H and O–H groups in total. The molecule has 0 spiro atoms. The summed E-state index contributed by atoms with van der Waals surface area (Å²) >= 11 is 0. The van der Waals surface area contributed by atoms with Crippen molar-refractivity contribution >= 4 is 27.7 Å². The predicted molar refractivity (Wildman–Crippen MR) is 118 cm³/mol. The highest BCUT2D eigenvalue weighted by atomic mass is 32.2. The van der Waals surface area contributed by atoms with E-state index < -0.39 is 22.0 Å². The maximum absolute atomic E-state index is 12.9. The Morgan fingerprint density at radius 3 is 2.61 bits per heavy atom. The number of amidine groups is 1. The number of hydrogen-bond acceptors (Lipinski definition) is 5. The Bertz CT molecular complexity index is 1130. The molecule has 9 heteroatoms. The van der Waals surface area contributed by atoms with E-state index in [1.807, 2.05) is 19.9 Å². The number of benzene rings is 2. The third-order valence-corrected chi connectivity index (χ3v) is 6.70. The Morgan fingerprint density at radius 2 is 1.90 bits per heavy atom. The molecule has 2 aromatic carbocycles. The van der Waals surface area contributed by atoms with Crippen molar-refractivity contribution in [2.75, 3.05) is 6.54 Å². The predicted octanol–water partition coefficient (Wildman–Crippen LogP) is 1.60. The van der Waals surface area contributed by atoms with Crippen LogP contribution in [0.2, 0.25) is 0 Å². The van der Waals surface area contributed by atoms with Gasteiger partial charge in [-0.1, -0.05) is 44.5 Å². The number of nitrogens with one attached hydrogen (secondary N) is 2. The molecule has 0 unspecified atom stereocenters. The van der Waals surface area contributed by atoms with Gasteiger partial charge in [0, 0.05) is 17.7 Å². The molecule has 1 heterocycles. The summed E-state index contributed by atoms with van der Waals surface area (Å²) in [6, 6.07) is 12.8. The standard InChI is InChI=1S/C22H26N4O4S/c1-3-14(2)19(25-21-17-9-4-5-10-18(17)31(29,30)26-21)22(28)24-12-11-15-7-6-8-16(13-15)20(23)27/h4-10,13-14,19H,3,11-12H2,1-2H3,(H2,23,27)(H,24,28)(H,25,26)/t14-,19-/m0/s1. The molecule has 2 amide bonds. The first kappa shape index (κ1) is 22.5. The summed E-state index contributed by atoms with van der Waals surface area (Å²) in [4.78, 5) is 28.9. The summed E-state index contributed by atoms with van der Waals surface area (Å²) in [5.41, 5.74) is 7.06. The maximum Gasteiger partial charge on any atom is 0.263 e. The fourth-order valence-corrected chi connectivity index (χ4v) is 4.59. The first-order valence-corrected chi connectivity index (χ1v) is 11.6. The van der Waals surface area contributed by atoms with E-state index in [1.165, 1.54) is 6.07 Å². The maximum atomic E-state index is 12.9. The van der Waals surface area contributed by atoms with E-state index in [0.717, 1.165) is 5.56 Å². The van der Waals surface area contributed by atoms with Crippen LogP contribution in [0.25, 0.3) is 0 Å². The van der Waals surface area contributed by atoms with Gasteiger partial charge in [-0.2, -0.15) is 0 Å². The number of nitrogens with zero attached hydrogens (tertiary/aromatic N) is 1. The number of fused-ring (bicyclic) bond motifs is 1. The van der Waals surface area contributed by atoms with Crippen molar-refractivity contribution in [2.24, 2.45) is 16.6 Å². The molecule has 0 aliphatic carbocycles. The highest BCUT2D eigenvalue weighted by Crippen LogP contribution is 2.24. The van der Waals surface area contributed by atoms with E-state index in [4.69, 9.17) is 5.73 Å². The number of sulfonamides is 1. The molecule has 3 rings (SSSR count). The van der Waals surface area contributed by atoms with Crippen molar-refractivity contribution < 1.29 is 18.0 Å². The van der Waals surface area contributed by atoms with Gasteiger partial charge in [-0.25, -0.2) is 8.42 Å². The zero-order chi connectivity index (χ0) is 22.6. The molecular formula is C22H26N4O4S. The number of amides is 2. The second-order valence-corrected chi connectivity index (χ2v) is 9.17. The molecule has 0 aromatic heterocycles. The third kappa shape index (κ3) is 5.11. The van der Waals surface area contributed by atoms with E-state index in [9.17, 15) is 18.0 Å². The first-order valence-electron chi connectivity index (χ1n) is 10.1. The lowest BCUT2D eigenvalue weighted by molar-refractivity contribution is -0.123. The van der Waals surface area contributed by atoms with Crippen LogP contribution in [0.5, 0.6) is 0 Å². The summed E-state index contributed by atoms with van der Waals surface area (Å²) in [7, 11) is -3.67. The number of hydrogen-bond donors (Lipinski definition) is 3. The second kappa shape index (κ2) is 9.30. The second-order valence-electron chi connectivity index (χ2n) is 7.52. The molecule has 2 atom stereocenters. The van der Waals surface area contributed by atoms with E-state index >= 15 is 0 Å². The topological polar surface area (TPSA) is 131 Å². The largest absolute Gasteiger partial charge is 0.366 e. The molecular weight excluding hydrogens is 416 g/mol. The van der Waals surface area contributed by atoms with Crippen molar-refractivity contribution in [2.45, 2.75) is 37.6 Å². The minimum absolute atomic E-state index is 0.0945. The van der Waals surface area contributed by atoms with Gasteiger partial charge in [0.05, 0.1) is 4.90 Å². The van der Waals surface area contributed by atoms with Crippen LogP contribution in [0.4, 0.5) is 0 Å². The molecule has 0 radical (unpaired) electrons. The van der Waals surface area contributed by atoms with Crippen LogP contribution in [-0.4, -0.2) is 38.7 Å². The Hall–Kier alpha value is -3.20. The SMILES string of the molecule is CC[C@H](C)[C@H](N=C1NS(=O)(=O)c2ccccc21)C(=O)NCCc1cccc(C(N)=O)c1. The van der Waals surface area contributed by atoms with Gasteiger partial charge < -0.3 is 11.1 Å². The van der Waals surface area contributed by atoms with Crippen LogP contribution in [0, 0.1) is 5.92 Å². The van der Waals surface area contributed by atoms with Crippen molar-refractivity contribution in [3.05, 3.63) is 65.2 Å². The first-order chi connectivity index (χ1) is 14.7. The normalized spacial score (nSPS) is 17.4. The minimum atomic E-state index is -3.67.